The zero-order chi connectivity index (χ0) is 17.9. The Bertz CT molecular complexity index is 1080. The standard InChI is InChI=1S/C19H15N5OS/c1-12-23-24-19(26-12)22-17(25)10-14-5-2-4-13-7-8-16(21-18(13)14)15-6-3-9-20-11-15/h2-9,11H,10H2,1H3,(H,22,24,25). The summed E-state index contributed by atoms with van der Waals surface area (Å²) in [7, 11) is 0. The molecule has 4 rings (SSSR count). The number of carbonyl (C=O) groups excluding carboxylic acids is 1. The van der Waals surface area contributed by atoms with Gasteiger partial charge in [0.25, 0.3) is 0 Å². The van der Waals surface area contributed by atoms with E-state index in [2.05, 4.69) is 20.5 Å². The molecule has 26 heavy (non-hydrogen) atoms. The van der Waals surface area contributed by atoms with Gasteiger partial charge in [0.2, 0.25) is 11.0 Å². The number of rotatable bonds is 4. The summed E-state index contributed by atoms with van der Waals surface area (Å²) in [6.45, 7) is 1.85. The second-order valence-electron chi connectivity index (χ2n) is 5.78. The molecule has 0 radical (unpaired) electrons. The van der Waals surface area contributed by atoms with Crippen molar-refractivity contribution >= 4 is 33.3 Å². The highest BCUT2D eigenvalue weighted by Gasteiger charge is 2.11. The maximum atomic E-state index is 12.4. The molecule has 0 saturated carbocycles. The van der Waals surface area contributed by atoms with E-state index < -0.39 is 0 Å². The van der Waals surface area contributed by atoms with Crippen molar-refractivity contribution in [2.45, 2.75) is 13.3 Å². The third-order valence-electron chi connectivity index (χ3n) is 3.88. The van der Waals surface area contributed by atoms with Crippen molar-refractivity contribution in [2.24, 2.45) is 0 Å². The lowest BCUT2D eigenvalue weighted by Gasteiger charge is -2.08. The number of aryl methyl sites for hydroxylation is 1. The molecule has 0 bridgehead atoms. The van der Waals surface area contributed by atoms with Gasteiger partial charge in [-0.25, -0.2) is 4.98 Å². The Balaban J connectivity index is 1.65. The number of fused-ring (bicyclic) bond motifs is 1. The molecule has 0 saturated heterocycles. The van der Waals surface area contributed by atoms with E-state index in [0.29, 0.717) is 5.13 Å². The summed E-state index contributed by atoms with van der Waals surface area (Å²) < 4.78 is 0. The zero-order valence-corrected chi connectivity index (χ0v) is 14.8. The normalized spacial score (nSPS) is 10.8. The molecule has 128 valence electrons. The minimum atomic E-state index is -0.137. The van der Waals surface area contributed by atoms with Crippen LogP contribution in [0.4, 0.5) is 5.13 Å². The van der Waals surface area contributed by atoms with Crippen molar-refractivity contribution in [3.05, 3.63) is 65.4 Å². The highest BCUT2D eigenvalue weighted by Crippen LogP contribution is 2.23. The molecule has 0 unspecified atom stereocenters. The number of carbonyl (C=O) groups is 1. The van der Waals surface area contributed by atoms with E-state index in [9.17, 15) is 4.79 Å². The van der Waals surface area contributed by atoms with E-state index in [0.717, 1.165) is 32.7 Å². The molecule has 0 aliphatic heterocycles. The van der Waals surface area contributed by atoms with Crippen LogP contribution in [0.3, 0.4) is 0 Å². The van der Waals surface area contributed by atoms with Crippen molar-refractivity contribution in [1.82, 2.24) is 20.2 Å². The van der Waals surface area contributed by atoms with Crippen LogP contribution < -0.4 is 5.32 Å². The molecule has 0 atom stereocenters. The number of pyridine rings is 2. The molecule has 1 amide bonds. The predicted octanol–water partition coefficient (Wildman–Crippen LogP) is 3.64. The van der Waals surface area contributed by atoms with Crippen molar-refractivity contribution < 1.29 is 4.79 Å². The van der Waals surface area contributed by atoms with E-state index in [4.69, 9.17) is 4.98 Å². The Morgan fingerprint density at radius 1 is 1.12 bits per heavy atom. The highest BCUT2D eigenvalue weighted by atomic mass is 32.1. The monoisotopic (exact) mass is 361 g/mol. The van der Waals surface area contributed by atoms with Crippen LogP contribution in [0.15, 0.2) is 54.9 Å². The average molecular weight is 361 g/mol. The van der Waals surface area contributed by atoms with Gasteiger partial charge >= 0.3 is 0 Å². The summed E-state index contributed by atoms with van der Waals surface area (Å²) >= 11 is 1.35. The molecular formula is C19H15N5OS. The minimum Gasteiger partial charge on any atom is -0.300 e. The molecule has 1 aromatic carbocycles. The molecule has 3 heterocycles. The van der Waals surface area contributed by atoms with Crippen LogP contribution in [0.5, 0.6) is 0 Å². The number of nitrogens with one attached hydrogen (secondary N) is 1. The Morgan fingerprint density at radius 2 is 2.04 bits per heavy atom. The summed E-state index contributed by atoms with van der Waals surface area (Å²) in [6.07, 6.45) is 3.73. The molecule has 0 aliphatic carbocycles. The number of hydrogen-bond donors (Lipinski definition) is 1. The van der Waals surface area contributed by atoms with Gasteiger partial charge in [-0.1, -0.05) is 35.6 Å². The van der Waals surface area contributed by atoms with Crippen molar-refractivity contribution in [1.29, 1.82) is 0 Å². The fraction of sp³-hybridized carbons (Fsp3) is 0.105. The van der Waals surface area contributed by atoms with Crippen LogP contribution in [-0.4, -0.2) is 26.1 Å². The quantitative estimate of drug-likeness (QED) is 0.600. The predicted molar refractivity (Wildman–Crippen MR) is 102 cm³/mol. The summed E-state index contributed by atoms with van der Waals surface area (Å²) in [5.74, 6) is -0.137. The van der Waals surface area contributed by atoms with E-state index in [1.54, 1.807) is 12.4 Å². The Morgan fingerprint density at radius 3 is 2.81 bits per heavy atom. The van der Waals surface area contributed by atoms with Crippen LogP contribution in [0.1, 0.15) is 10.6 Å². The lowest BCUT2D eigenvalue weighted by Crippen LogP contribution is -2.14. The van der Waals surface area contributed by atoms with Gasteiger partial charge in [-0.15, -0.1) is 10.2 Å². The van der Waals surface area contributed by atoms with Crippen LogP contribution in [0.25, 0.3) is 22.2 Å². The van der Waals surface area contributed by atoms with Gasteiger partial charge < -0.3 is 5.32 Å². The Labute approximate surface area is 154 Å². The number of aromatic nitrogens is 4. The van der Waals surface area contributed by atoms with Gasteiger partial charge in [-0.05, 0) is 30.7 Å². The van der Waals surface area contributed by atoms with E-state index in [-0.39, 0.29) is 12.3 Å². The van der Waals surface area contributed by atoms with Crippen LogP contribution in [0.2, 0.25) is 0 Å². The number of para-hydroxylation sites is 1. The van der Waals surface area contributed by atoms with Crippen molar-refractivity contribution in [2.75, 3.05) is 5.32 Å². The first-order chi connectivity index (χ1) is 12.7. The lowest BCUT2D eigenvalue weighted by atomic mass is 10.0. The molecule has 0 spiro atoms. The smallest absolute Gasteiger partial charge is 0.230 e. The SMILES string of the molecule is Cc1nnc(NC(=O)Cc2cccc3ccc(-c4cccnc4)nc23)s1. The zero-order valence-electron chi connectivity index (χ0n) is 14.0. The summed E-state index contributed by atoms with van der Waals surface area (Å²) in [6, 6.07) is 13.7. The number of hydrogen-bond acceptors (Lipinski definition) is 6. The Kier molecular flexibility index (Phi) is 4.37. The fourth-order valence-corrected chi connectivity index (χ4v) is 3.32. The molecule has 7 heteroatoms. The number of nitrogens with zero attached hydrogens (tertiary/aromatic N) is 4. The highest BCUT2D eigenvalue weighted by molar-refractivity contribution is 7.15. The topological polar surface area (TPSA) is 80.7 Å². The number of anilines is 1. The van der Waals surface area contributed by atoms with Gasteiger partial charge in [0.15, 0.2) is 0 Å². The van der Waals surface area contributed by atoms with Crippen LogP contribution in [0, 0.1) is 6.92 Å². The van der Waals surface area contributed by atoms with E-state index >= 15 is 0 Å². The summed E-state index contributed by atoms with van der Waals surface area (Å²) in [5, 5.41) is 12.9. The van der Waals surface area contributed by atoms with Crippen LogP contribution in [-0.2, 0) is 11.2 Å². The second kappa shape index (κ2) is 6.97. The first-order valence-corrected chi connectivity index (χ1v) is 8.90. The molecule has 3 aromatic heterocycles. The fourth-order valence-electron chi connectivity index (χ4n) is 2.71. The van der Waals surface area contributed by atoms with Gasteiger partial charge in [-0.3, -0.25) is 9.78 Å². The molecule has 0 fully saturated rings. The Hall–Kier alpha value is -3.19. The third kappa shape index (κ3) is 3.43. The first kappa shape index (κ1) is 16.3. The van der Waals surface area contributed by atoms with E-state index in [1.807, 2.05) is 49.4 Å². The third-order valence-corrected chi connectivity index (χ3v) is 4.64. The maximum absolute atomic E-state index is 12.4. The maximum Gasteiger partial charge on any atom is 0.230 e. The number of benzene rings is 1. The van der Waals surface area contributed by atoms with Gasteiger partial charge in [0.1, 0.15) is 5.01 Å². The second-order valence-corrected chi connectivity index (χ2v) is 6.96. The minimum absolute atomic E-state index is 0.137. The first-order valence-electron chi connectivity index (χ1n) is 8.08. The van der Waals surface area contributed by atoms with Gasteiger partial charge in [0, 0.05) is 23.3 Å². The lowest BCUT2D eigenvalue weighted by molar-refractivity contribution is -0.115. The molecular weight excluding hydrogens is 346 g/mol. The summed E-state index contributed by atoms with van der Waals surface area (Å²) in [4.78, 5) is 21.3. The number of amides is 1. The van der Waals surface area contributed by atoms with Crippen molar-refractivity contribution in [3.8, 4) is 11.3 Å². The van der Waals surface area contributed by atoms with Crippen molar-refractivity contribution in [3.63, 3.8) is 0 Å². The van der Waals surface area contributed by atoms with Crippen LogP contribution >= 0.6 is 11.3 Å². The molecule has 6 nitrogen and oxygen atoms in total. The molecule has 1 N–H and O–H groups in total. The van der Waals surface area contributed by atoms with Gasteiger partial charge in [0.05, 0.1) is 17.6 Å². The molecule has 0 aliphatic rings. The largest absolute Gasteiger partial charge is 0.300 e. The molecule has 4 aromatic rings. The van der Waals surface area contributed by atoms with Gasteiger partial charge in [-0.2, -0.15) is 0 Å². The summed E-state index contributed by atoms with van der Waals surface area (Å²) in [5.41, 5.74) is 3.46. The van der Waals surface area contributed by atoms with E-state index in [1.165, 1.54) is 11.3 Å². The average Bonchev–Trinajstić information content (AvgIpc) is 3.07.